The second-order valence-corrected chi connectivity index (χ2v) is 3.56. The summed E-state index contributed by atoms with van der Waals surface area (Å²) in [6, 6.07) is 7.30. The maximum absolute atomic E-state index is 10.4. The van der Waals surface area contributed by atoms with Crippen LogP contribution in [0.25, 0.3) is 0 Å². The van der Waals surface area contributed by atoms with Gasteiger partial charge in [0.15, 0.2) is 0 Å². The van der Waals surface area contributed by atoms with E-state index < -0.39 is 11.9 Å². The van der Waals surface area contributed by atoms with Crippen LogP contribution in [0.15, 0.2) is 24.3 Å². The second kappa shape index (κ2) is 6.33. The van der Waals surface area contributed by atoms with Crippen molar-refractivity contribution in [2.24, 2.45) is 5.73 Å². The standard InChI is InChI=1S/C13H13NO3/c14-12(15)9-8-11-6-4-10(5-7-11)2-1-3-13(16)17/h4-7H,1-3H2,(H2,14,15)(H,16,17). The van der Waals surface area contributed by atoms with E-state index in [9.17, 15) is 9.59 Å². The number of amides is 1. The summed E-state index contributed by atoms with van der Waals surface area (Å²) < 4.78 is 0. The average Bonchev–Trinajstić information content (AvgIpc) is 2.27. The van der Waals surface area contributed by atoms with Crippen molar-refractivity contribution in [1.29, 1.82) is 0 Å². The van der Waals surface area contributed by atoms with Crippen LogP contribution in [0, 0.1) is 11.8 Å². The first-order valence-corrected chi connectivity index (χ1v) is 5.20. The molecule has 0 saturated heterocycles. The Balaban J connectivity index is 2.54. The third kappa shape index (κ3) is 5.38. The van der Waals surface area contributed by atoms with Gasteiger partial charge in [-0.2, -0.15) is 0 Å². The minimum Gasteiger partial charge on any atom is -0.481 e. The third-order valence-corrected chi connectivity index (χ3v) is 2.14. The van der Waals surface area contributed by atoms with Gasteiger partial charge >= 0.3 is 5.97 Å². The number of carbonyl (C=O) groups is 2. The molecule has 0 fully saturated rings. The van der Waals surface area contributed by atoms with E-state index in [4.69, 9.17) is 10.8 Å². The Morgan fingerprint density at radius 2 is 1.88 bits per heavy atom. The van der Waals surface area contributed by atoms with Gasteiger partial charge < -0.3 is 10.8 Å². The van der Waals surface area contributed by atoms with Crippen LogP contribution in [0.2, 0.25) is 0 Å². The molecule has 0 spiro atoms. The molecule has 0 unspecified atom stereocenters. The topological polar surface area (TPSA) is 80.4 Å². The minimum absolute atomic E-state index is 0.170. The van der Waals surface area contributed by atoms with Crippen molar-refractivity contribution in [3.63, 3.8) is 0 Å². The van der Waals surface area contributed by atoms with Gasteiger partial charge in [-0.15, -0.1) is 0 Å². The van der Waals surface area contributed by atoms with Crippen molar-refractivity contribution in [3.8, 4) is 11.8 Å². The number of carboxylic acid groups (broad SMARTS) is 1. The van der Waals surface area contributed by atoms with Crippen molar-refractivity contribution < 1.29 is 14.7 Å². The summed E-state index contributed by atoms with van der Waals surface area (Å²) in [6.45, 7) is 0. The van der Waals surface area contributed by atoms with E-state index in [1.54, 1.807) is 12.1 Å². The fraction of sp³-hybridized carbons (Fsp3) is 0.231. The molecule has 0 bridgehead atoms. The lowest BCUT2D eigenvalue weighted by molar-refractivity contribution is -0.137. The summed E-state index contributed by atoms with van der Waals surface area (Å²) >= 11 is 0. The molecular weight excluding hydrogens is 218 g/mol. The molecule has 0 aromatic heterocycles. The molecule has 0 heterocycles. The fourth-order valence-corrected chi connectivity index (χ4v) is 1.33. The predicted molar refractivity (Wildman–Crippen MR) is 63.1 cm³/mol. The lowest BCUT2D eigenvalue weighted by Gasteiger charge is -1.99. The van der Waals surface area contributed by atoms with E-state index in [2.05, 4.69) is 11.8 Å². The van der Waals surface area contributed by atoms with Crippen molar-refractivity contribution in [3.05, 3.63) is 35.4 Å². The summed E-state index contributed by atoms with van der Waals surface area (Å²) in [6.07, 6.45) is 1.50. The lowest BCUT2D eigenvalue weighted by atomic mass is 10.1. The molecule has 3 N–H and O–H groups in total. The molecular formula is C13H13NO3. The number of carbonyl (C=O) groups excluding carboxylic acids is 1. The van der Waals surface area contributed by atoms with Gasteiger partial charge in [0.1, 0.15) is 0 Å². The number of nitrogens with two attached hydrogens (primary N) is 1. The highest BCUT2D eigenvalue weighted by molar-refractivity contribution is 5.92. The molecule has 1 rings (SSSR count). The summed E-state index contributed by atoms with van der Waals surface area (Å²) in [5.74, 6) is 3.44. The summed E-state index contributed by atoms with van der Waals surface area (Å²) in [5, 5.41) is 8.50. The Morgan fingerprint density at radius 3 is 2.41 bits per heavy atom. The number of hydrogen-bond acceptors (Lipinski definition) is 2. The molecule has 0 radical (unpaired) electrons. The zero-order chi connectivity index (χ0) is 12.7. The van der Waals surface area contributed by atoms with Crippen LogP contribution < -0.4 is 5.73 Å². The Kier molecular flexibility index (Phi) is 4.77. The number of rotatable bonds is 4. The van der Waals surface area contributed by atoms with Crippen LogP contribution in [0.3, 0.4) is 0 Å². The molecule has 4 heteroatoms. The van der Waals surface area contributed by atoms with Crippen LogP contribution in [-0.4, -0.2) is 17.0 Å². The van der Waals surface area contributed by atoms with Crippen LogP contribution in [-0.2, 0) is 16.0 Å². The van der Waals surface area contributed by atoms with Crippen molar-refractivity contribution >= 4 is 11.9 Å². The molecule has 0 saturated carbocycles. The monoisotopic (exact) mass is 231 g/mol. The fourth-order valence-electron chi connectivity index (χ4n) is 1.33. The zero-order valence-electron chi connectivity index (χ0n) is 9.27. The van der Waals surface area contributed by atoms with Gasteiger partial charge in [0.2, 0.25) is 0 Å². The van der Waals surface area contributed by atoms with Crippen LogP contribution in [0.4, 0.5) is 0 Å². The van der Waals surface area contributed by atoms with E-state index >= 15 is 0 Å². The van der Waals surface area contributed by atoms with Gasteiger partial charge in [-0.3, -0.25) is 9.59 Å². The molecule has 88 valence electrons. The minimum atomic E-state index is -0.783. The first-order chi connectivity index (χ1) is 8.08. The maximum atomic E-state index is 10.4. The molecule has 0 aliphatic rings. The van der Waals surface area contributed by atoms with Gasteiger partial charge in [-0.1, -0.05) is 18.1 Å². The third-order valence-electron chi connectivity index (χ3n) is 2.14. The average molecular weight is 231 g/mol. The number of hydrogen-bond donors (Lipinski definition) is 2. The molecule has 4 nitrogen and oxygen atoms in total. The zero-order valence-corrected chi connectivity index (χ0v) is 9.27. The number of aliphatic carboxylic acids is 1. The van der Waals surface area contributed by atoms with Crippen LogP contribution in [0.1, 0.15) is 24.0 Å². The van der Waals surface area contributed by atoms with E-state index in [0.29, 0.717) is 12.0 Å². The van der Waals surface area contributed by atoms with E-state index in [1.165, 1.54) is 0 Å². The molecule has 0 aliphatic carbocycles. The molecule has 1 aromatic carbocycles. The summed E-state index contributed by atoms with van der Waals surface area (Å²) in [5.41, 5.74) is 6.66. The van der Waals surface area contributed by atoms with Gasteiger partial charge in [0, 0.05) is 12.0 Å². The van der Waals surface area contributed by atoms with E-state index in [-0.39, 0.29) is 6.42 Å². The molecule has 0 aliphatic heterocycles. The van der Waals surface area contributed by atoms with Gasteiger partial charge in [-0.05, 0) is 36.5 Å². The van der Waals surface area contributed by atoms with Gasteiger partial charge in [0.25, 0.3) is 5.91 Å². The Hall–Kier alpha value is -2.28. The van der Waals surface area contributed by atoms with Gasteiger partial charge in [0.05, 0.1) is 0 Å². The lowest BCUT2D eigenvalue weighted by Crippen LogP contribution is -2.06. The number of benzene rings is 1. The normalized spacial score (nSPS) is 9.18. The second-order valence-electron chi connectivity index (χ2n) is 3.56. The van der Waals surface area contributed by atoms with Crippen molar-refractivity contribution in [1.82, 2.24) is 0 Å². The predicted octanol–water partition coefficient (Wildman–Crippen LogP) is 0.931. The SMILES string of the molecule is NC(=O)C#Cc1ccc(CCCC(=O)O)cc1. The quantitative estimate of drug-likeness (QED) is 0.756. The highest BCUT2D eigenvalue weighted by atomic mass is 16.4. The number of carboxylic acids is 1. The maximum Gasteiger partial charge on any atom is 0.303 e. The summed E-state index contributed by atoms with van der Waals surface area (Å²) in [4.78, 5) is 20.8. The van der Waals surface area contributed by atoms with Crippen molar-refractivity contribution in [2.75, 3.05) is 0 Å². The van der Waals surface area contributed by atoms with Crippen LogP contribution in [0.5, 0.6) is 0 Å². The first-order valence-electron chi connectivity index (χ1n) is 5.20. The molecule has 0 atom stereocenters. The number of aryl methyl sites for hydroxylation is 1. The molecule has 17 heavy (non-hydrogen) atoms. The van der Waals surface area contributed by atoms with Crippen LogP contribution >= 0.6 is 0 Å². The Morgan fingerprint density at radius 1 is 1.24 bits per heavy atom. The summed E-state index contributed by atoms with van der Waals surface area (Å²) in [7, 11) is 0. The van der Waals surface area contributed by atoms with Crippen molar-refractivity contribution in [2.45, 2.75) is 19.3 Å². The first kappa shape index (κ1) is 12.8. The molecule has 1 aromatic rings. The smallest absolute Gasteiger partial charge is 0.303 e. The highest BCUT2D eigenvalue weighted by Crippen LogP contribution is 2.07. The number of primary amides is 1. The van der Waals surface area contributed by atoms with Gasteiger partial charge in [-0.25, -0.2) is 0 Å². The van der Waals surface area contributed by atoms with E-state index in [1.807, 2.05) is 12.1 Å². The Labute approximate surface area is 99.4 Å². The van der Waals surface area contributed by atoms with E-state index in [0.717, 1.165) is 12.0 Å². The highest BCUT2D eigenvalue weighted by Gasteiger charge is 1.98. The molecule has 1 amide bonds. The Bertz CT molecular complexity index is 466. The largest absolute Gasteiger partial charge is 0.481 e.